The summed E-state index contributed by atoms with van der Waals surface area (Å²) in [4.78, 5) is 14.7. The first kappa shape index (κ1) is 22.2. The lowest BCUT2D eigenvalue weighted by Gasteiger charge is -2.24. The molecule has 1 aliphatic rings. The summed E-state index contributed by atoms with van der Waals surface area (Å²) >= 11 is 1.77. The van der Waals surface area contributed by atoms with E-state index in [4.69, 9.17) is 9.98 Å². The van der Waals surface area contributed by atoms with Gasteiger partial charge < -0.3 is 15.1 Å². The van der Waals surface area contributed by atoms with Crippen molar-refractivity contribution in [3.63, 3.8) is 0 Å². The molecule has 154 valence electrons. The number of hydrogen-bond acceptors (Lipinski definition) is 4. The molecule has 0 aromatic carbocycles. The quantitative estimate of drug-likeness (QED) is 0.541. The SMILES string of the molecule is CCNC(=NCCc1nc(C(C)(C)C)cs1)N1CCC(CN(CC)CC)C1. The van der Waals surface area contributed by atoms with Gasteiger partial charge >= 0.3 is 0 Å². The van der Waals surface area contributed by atoms with Crippen molar-refractivity contribution in [3.05, 3.63) is 16.1 Å². The Morgan fingerprint density at radius 1 is 1.33 bits per heavy atom. The van der Waals surface area contributed by atoms with Crippen LogP contribution in [0.2, 0.25) is 0 Å². The van der Waals surface area contributed by atoms with E-state index in [0.717, 1.165) is 57.6 Å². The number of likely N-dealkylation sites (tertiary alicyclic amines) is 1. The molecule has 1 fully saturated rings. The van der Waals surface area contributed by atoms with Gasteiger partial charge in [0.1, 0.15) is 0 Å². The highest BCUT2D eigenvalue weighted by Gasteiger charge is 2.26. The summed E-state index contributed by atoms with van der Waals surface area (Å²) in [5.74, 6) is 1.83. The Bertz CT molecular complexity index is 586. The van der Waals surface area contributed by atoms with Gasteiger partial charge in [0.2, 0.25) is 0 Å². The van der Waals surface area contributed by atoms with Crippen molar-refractivity contribution in [1.82, 2.24) is 20.1 Å². The Labute approximate surface area is 170 Å². The lowest BCUT2D eigenvalue weighted by atomic mass is 9.93. The second-order valence-electron chi connectivity index (χ2n) is 8.45. The molecule has 1 unspecified atom stereocenters. The maximum absolute atomic E-state index is 4.90. The molecular weight excluding hydrogens is 354 g/mol. The van der Waals surface area contributed by atoms with Crippen molar-refractivity contribution < 1.29 is 0 Å². The molecule has 1 aromatic heterocycles. The zero-order valence-electron chi connectivity index (χ0n) is 18.2. The Morgan fingerprint density at radius 3 is 2.67 bits per heavy atom. The summed E-state index contributed by atoms with van der Waals surface area (Å²) in [6, 6.07) is 0. The van der Waals surface area contributed by atoms with Crippen molar-refractivity contribution in [2.24, 2.45) is 10.9 Å². The number of guanidine groups is 1. The van der Waals surface area contributed by atoms with E-state index >= 15 is 0 Å². The number of aromatic nitrogens is 1. The number of thiazole rings is 1. The van der Waals surface area contributed by atoms with Gasteiger partial charge in [-0.1, -0.05) is 34.6 Å². The average molecular weight is 394 g/mol. The summed E-state index contributed by atoms with van der Waals surface area (Å²) in [5.41, 5.74) is 1.32. The number of nitrogens with zero attached hydrogens (tertiary/aromatic N) is 4. The van der Waals surface area contributed by atoms with Crippen molar-refractivity contribution in [2.75, 3.05) is 45.8 Å². The van der Waals surface area contributed by atoms with Gasteiger partial charge in [-0.15, -0.1) is 11.3 Å². The van der Waals surface area contributed by atoms with Crippen molar-refractivity contribution in [3.8, 4) is 0 Å². The molecule has 0 radical (unpaired) electrons. The summed E-state index contributed by atoms with van der Waals surface area (Å²) in [6.07, 6.45) is 2.19. The second kappa shape index (κ2) is 10.4. The second-order valence-corrected chi connectivity index (χ2v) is 9.39. The van der Waals surface area contributed by atoms with Crippen LogP contribution in [0.4, 0.5) is 0 Å². The Kier molecular flexibility index (Phi) is 8.55. The zero-order valence-corrected chi connectivity index (χ0v) is 19.0. The van der Waals surface area contributed by atoms with E-state index in [1.165, 1.54) is 23.7 Å². The predicted octanol–water partition coefficient (Wildman–Crippen LogP) is 3.61. The fraction of sp³-hybridized carbons (Fsp3) is 0.810. The third-order valence-corrected chi connectivity index (χ3v) is 6.15. The van der Waals surface area contributed by atoms with Crippen LogP contribution < -0.4 is 5.32 Å². The van der Waals surface area contributed by atoms with Crippen LogP contribution in [0.15, 0.2) is 10.4 Å². The van der Waals surface area contributed by atoms with Crippen LogP contribution in [-0.4, -0.2) is 66.6 Å². The van der Waals surface area contributed by atoms with Gasteiger partial charge in [-0.05, 0) is 32.4 Å². The standard InChI is InChI=1S/C21H39N5S/c1-7-22-20(26-13-11-17(15-26)14-25(8-2)9-3)23-12-10-19-24-18(16-27-19)21(4,5)6/h16-17H,7-15H2,1-6H3,(H,22,23). The van der Waals surface area contributed by atoms with Crippen LogP contribution in [0.1, 0.15) is 58.7 Å². The fourth-order valence-corrected chi connectivity index (χ4v) is 4.49. The van der Waals surface area contributed by atoms with Crippen molar-refractivity contribution >= 4 is 17.3 Å². The van der Waals surface area contributed by atoms with Crippen LogP contribution in [-0.2, 0) is 11.8 Å². The molecule has 0 amide bonds. The summed E-state index contributed by atoms with van der Waals surface area (Å²) < 4.78 is 0. The molecule has 0 bridgehead atoms. The number of aliphatic imine (C=N–C) groups is 1. The Balaban J connectivity index is 1.90. The van der Waals surface area contributed by atoms with Gasteiger partial charge in [0.15, 0.2) is 5.96 Å². The van der Waals surface area contributed by atoms with Crippen LogP contribution in [0.25, 0.3) is 0 Å². The molecule has 1 aliphatic heterocycles. The maximum atomic E-state index is 4.90. The molecule has 0 saturated carbocycles. The smallest absolute Gasteiger partial charge is 0.193 e. The van der Waals surface area contributed by atoms with Crippen LogP contribution in [0.5, 0.6) is 0 Å². The summed E-state index contributed by atoms with van der Waals surface area (Å²) in [5, 5.41) is 6.88. The normalized spacial score (nSPS) is 18.6. The Hall–Kier alpha value is -1.14. The number of rotatable bonds is 8. The first-order chi connectivity index (χ1) is 12.9. The van der Waals surface area contributed by atoms with E-state index in [1.54, 1.807) is 11.3 Å². The van der Waals surface area contributed by atoms with Gasteiger partial charge in [-0.2, -0.15) is 0 Å². The lowest BCUT2D eigenvalue weighted by Crippen LogP contribution is -2.41. The largest absolute Gasteiger partial charge is 0.357 e. The van der Waals surface area contributed by atoms with Gasteiger partial charge in [0, 0.05) is 49.9 Å². The molecule has 1 saturated heterocycles. The number of hydrogen-bond donors (Lipinski definition) is 1. The molecule has 1 atom stereocenters. The highest BCUT2D eigenvalue weighted by Crippen LogP contribution is 2.24. The minimum Gasteiger partial charge on any atom is -0.357 e. The van der Waals surface area contributed by atoms with E-state index in [9.17, 15) is 0 Å². The molecule has 2 rings (SSSR count). The van der Waals surface area contributed by atoms with E-state index in [1.807, 2.05) is 0 Å². The molecule has 2 heterocycles. The van der Waals surface area contributed by atoms with Crippen LogP contribution in [0, 0.1) is 5.92 Å². The predicted molar refractivity (Wildman–Crippen MR) is 118 cm³/mol. The third kappa shape index (κ3) is 6.75. The molecule has 27 heavy (non-hydrogen) atoms. The molecule has 0 spiro atoms. The van der Waals surface area contributed by atoms with Gasteiger partial charge in [0.25, 0.3) is 0 Å². The van der Waals surface area contributed by atoms with Crippen molar-refractivity contribution in [2.45, 2.75) is 59.8 Å². The third-order valence-electron chi connectivity index (χ3n) is 5.24. The Morgan fingerprint density at radius 2 is 2.07 bits per heavy atom. The maximum Gasteiger partial charge on any atom is 0.193 e. The highest BCUT2D eigenvalue weighted by molar-refractivity contribution is 7.09. The van der Waals surface area contributed by atoms with Crippen LogP contribution in [0.3, 0.4) is 0 Å². The van der Waals surface area contributed by atoms with E-state index in [0.29, 0.717) is 0 Å². The molecule has 0 aliphatic carbocycles. The summed E-state index contributed by atoms with van der Waals surface area (Å²) in [6.45, 7) is 20.8. The topological polar surface area (TPSA) is 43.8 Å². The van der Waals surface area contributed by atoms with Gasteiger partial charge in [-0.25, -0.2) is 4.98 Å². The number of nitrogens with one attached hydrogen (secondary N) is 1. The fourth-order valence-electron chi connectivity index (χ4n) is 3.47. The molecule has 5 nitrogen and oxygen atoms in total. The monoisotopic (exact) mass is 393 g/mol. The minimum absolute atomic E-state index is 0.127. The molecule has 1 aromatic rings. The van der Waals surface area contributed by atoms with Crippen molar-refractivity contribution in [1.29, 1.82) is 0 Å². The first-order valence-electron chi connectivity index (χ1n) is 10.6. The highest BCUT2D eigenvalue weighted by atomic mass is 32.1. The van der Waals surface area contributed by atoms with E-state index < -0.39 is 0 Å². The zero-order chi connectivity index (χ0) is 19.9. The summed E-state index contributed by atoms with van der Waals surface area (Å²) in [7, 11) is 0. The lowest BCUT2D eigenvalue weighted by molar-refractivity contribution is 0.255. The average Bonchev–Trinajstić information content (AvgIpc) is 3.28. The van der Waals surface area contributed by atoms with E-state index in [-0.39, 0.29) is 5.41 Å². The van der Waals surface area contributed by atoms with Gasteiger partial charge in [-0.3, -0.25) is 4.99 Å². The van der Waals surface area contributed by atoms with E-state index in [2.05, 4.69) is 62.0 Å². The minimum atomic E-state index is 0.127. The first-order valence-corrected chi connectivity index (χ1v) is 11.5. The molecular formula is C21H39N5S. The molecule has 1 N–H and O–H groups in total. The molecule has 6 heteroatoms. The van der Waals surface area contributed by atoms with Gasteiger partial charge in [0.05, 0.1) is 10.7 Å². The van der Waals surface area contributed by atoms with Crippen LogP contribution >= 0.6 is 11.3 Å².